The summed E-state index contributed by atoms with van der Waals surface area (Å²) in [6, 6.07) is 26.4. The van der Waals surface area contributed by atoms with Gasteiger partial charge in [-0.2, -0.15) is 0 Å². The van der Waals surface area contributed by atoms with E-state index in [0.29, 0.717) is 11.4 Å². The minimum absolute atomic E-state index is 0.0590. The lowest BCUT2D eigenvalue weighted by Crippen LogP contribution is -2.54. The van der Waals surface area contributed by atoms with E-state index in [2.05, 4.69) is 5.32 Å². The number of nitrogens with zero attached hydrogens (tertiary/aromatic N) is 2. The molecule has 0 heterocycles. The molecule has 4 rings (SSSR count). The quantitative estimate of drug-likeness (QED) is 0.178. The van der Waals surface area contributed by atoms with Crippen LogP contribution in [0.25, 0.3) is 0 Å². The first-order valence-corrected chi connectivity index (χ1v) is 16.5. The summed E-state index contributed by atoms with van der Waals surface area (Å²) in [5, 5.41) is 3.33. The predicted octanol–water partition coefficient (Wildman–Crippen LogP) is 6.54. The molecular weight excluding hydrogens is 613 g/mol. The number of nitrogens with one attached hydrogen (secondary N) is 1. The van der Waals surface area contributed by atoms with Gasteiger partial charge in [-0.15, -0.1) is 0 Å². The summed E-state index contributed by atoms with van der Waals surface area (Å²) in [6.45, 7) is 4.77. The monoisotopic (exact) mass is 649 g/mol. The van der Waals surface area contributed by atoms with Gasteiger partial charge in [0.05, 0.1) is 10.6 Å². The van der Waals surface area contributed by atoms with Crippen LogP contribution in [0.2, 0.25) is 5.02 Å². The van der Waals surface area contributed by atoms with Gasteiger partial charge in [-0.05, 0) is 68.3 Å². The Morgan fingerprint density at radius 2 is 1.51 bits per heavy atom. The average molecular weight is 650 g/mol. The molecule has 0 bridgehead atoms. The number of rotatable bonds is 13. The Morgan fingerprint density at radius 1 is 0.889 bits per heavy atom. The molecule has 4 aromatic carbocycles. The summed E-state index contributed by atoms with van der Waals surface area (Å²) in [4.78, 5) is 29.5. The van der Waals surface area contributed by atoms with Gasteiger partial charge in [-0.3, -0.25) is 13.9 Å². The van der Waals surface area contributed by atoms with E-state index in [1.807, 2.05) is 51.1 Å². The lowest BCUT2D eigenvalue weighted by atomic mass is 10.0. The molecule has 0 radical (unpaired) electrons. The smallest absolute Gasteiger partial charge is 0.264 e. The first kappa shape index (κ1) is 33.7. The number of carbonyl (C=O) groups is 2. The average Bonchev–Trinajstić information content (AvgIpc) is 3.03. The zero-order valence-corrected chi connectivity index (χ0v) is 27.1. The van der Waals surface area contributed by atoms with E-state index in [9.17, 15) is 18.0 Å². The van der Waals surface area contributed by atoms with Crippen LogP contribution in [0.1, 0.15) is 37.0 Å². The van der Waals surface area contributed by atoms with Gasteiger partial charge < -0.3 is 10.2 Å². The fourth-order valence-electron chi connectivity index (χ4n) is 4.78. The molecule has 0 saturated carbocycles. The van der Waals surface area contributed by atoms with Crippen molar-refractivity contribution in [3.63, 3.8) is 0 Å². The maximum absolute atomic E-state index is 15.0. The first-order chi connectivity index (χ1) is 21.5. The molecular formula is C35H37ClFN3O4S. The second-order valence-electron chi connectivity index (χ2n) is 10.9. The summed E-state index contributed by atoms with van der Waals surface area (Å²) < 4.78 is 44.1. The van der Waals surface area contributed by atoms with Gasteiger partial charge >= 0.3 is 0 Å². The number of sulfonamides is 1. The third-order valence-corrected chi connectivity index (χ3v) is 9.61. The van der Waals surface area contributed by atoms with Crippen molar-refractivity contribution in [1.29, 1.82) is 0 Å². The number of carbonyl (C=O) groups excluding carboxylic acids is 2. The molecule has 0 aromatic heterocycles. The lowest BCUT2D eigenvalue weighted by Gasteiger charge is -2.34. The van der Waals surface area contributed by atoms with E-state index < -0.39 is 40.2 Å². The molecule has 0 spiro atoms. The summed E-state index contributed by atoms with van der Waals surface area (Å²) in [7, 11) is -4.27. The number of anilines is 1. The Balaban J connectivity index is 1.81. The predicted molar refractivity (Wildman–Crippen MR) is 176 cm³/mol. The molecule has 0 saturated heterocycles. The summed E-state index contributed by atoms with van der Waals surface area (Å²) in [6.07, 6.45) is 0.795. The number of hydrogen-bond acceptors (Lipinski definition) is 4. The Kier molecular flexibility index (Phi) is 11.4. The van der Waals surface area contributed by atoms with Crippen molar-refractivity contribution >= 4 is 39.1 Å². The molecule has 2 amide bonds. The Morgan fingerprint density at radius 3 is 2.13 bits per heavy atom. The van der Waals surface area contributed by atoms with E-state index in [1.165, 1.54) is 35.2 Å². The third-order valence-electron chi connectivity index (χ3n) is 7.57. The Bertz CT molecular complexity index is 1700. The summed E-state index contributed by atoms with van der Waals surface area (Å²) in [5.74, 6) is -1.63. The van der Waals surface area contributed by atoms with Crippen LogP contribution in [0.15, 0.2) is 108 Å². The highest BCUT2D eigenvalue weighted by Crippen LogP contribution is 2.26. The van der Waals surface area contributed by atoms with E-state index in [1.54, 1.807) is 42.5 Å². The number of benzene rings is 4. The number of amides is 2. The van der Waals surface area contributed by atoms with Crippen molar-refractivity contribution in [1.82, 2.24) is 10.2 Å². The largest absolute Gasteiger partial charge is 0.352 e. The van der Waals surface area contributed by atoms with Gasteiger partial charge in [0.1, 0.15) is 18.4 Å². The molecule has 10 heteroatoms. The van der Waals surface area contributed by atoms with Crippen LogP contribution in [0.4, 0.5) is 10.1 Å². The van der Waals surface area contributed by atoms with Gasteiger partial charge in [-0.1, -0.05) is 84.8 Å². The van der Waals surface area contributed by atoms with Crippen LogP contribution < -0.4 is 9.62 Å². The molecule has 0 fully saturated rings. The van der Waals surface area contributed by atoms with Crippen molar-refractivity contribution in [2.45, 2.75) is 57.1 Å². The van der Waals surface area contributed by atoms with Crippen molar-refractivity contribution in [3.05, 3.63) is 131 Å². The molecule has 1 N–H and O–H groups in total. The standard InChI is InChI=1S/C35H37ClFN3O4S/c1-4-26(3)38-35(42)33(22-27-10-6-5-7-11-27)39(23-28-12-8-9-13-32(28)37)34(41)24-40(30-18-14-25(2)15-19-30)45(43,44)31-20-16-29(36)17-21-31/h5-21,26,33H,4,22-24H2,1-3H3,(H,38,42)/t26-,33+/m1/s1. The van der Waals surface area contributed by atoms with Gasteiger partial charge in [0.2, 0.25) is 11.8 Å². The number of hydrogen-bond donors (Lipinski definition) is 1. The van der Waals surface area contributed by atoms with E-state index >= 15 is 4.39 Å². The summed E-state index contributed by atoms with van der Waals surface area (Å²) >= 11 is 6.03. The molecule has 236 valence electrons. The normalized spacial score (nSPS) is 12.6. The highest BCUT2D eigenvalue weighted by Gasteiger charge is 2.35. The molecule has 2 atom stereocenters. The molecule has 7 nitrogen and oxygen atoms in total. The van der Waals surface area contributed by atoms with Gasteiger partial charge in [0.15, 0.2) is 0 Å². The van der Waals surface area contributed by atoms with Crippen molar-refractivity contribution in [3.8, 4) is 0 Å². The molecule has 0 unspecified atom stereocenters. The maximum Gasteiger partial charge on any atom is 0.264 e. The van der Waals surface area contributed by atoms with E-state index in [4.69, 9.17) is 11.6 Å². The molecule has 4 aromatic rings. The fraction of sp³-hybridized carbons (Fsp3) is 0.257. The van der Waals surface area contributed by atoms with E-state index in [0.717, 1.165) is 15.4 Å². The minimum atomic E-state index is -4.27. The van der Waals surface area contributed by atoms with Crippen molar-refractivity contribution in [2.75, 3.05) is 10.8 Å². The topological polar surface area (TPSA) is 86.8 Å². The maximum atomic E-state index is 15.0. The second-order valence-corrected chi connectivity index (χ2v) is 13.2. The van der Waals surface area contributed by atoms with Crippen molar-refractivity contribution < 1.29 is 22.4 Å². The van der Waals surface area contributed by atoms with Crippen LogP contribution in [0.3, 0.4) is 0 Å². The molecule has 0 aliphatic heterocycles. The zero-order chi connectivity index (χ0) is 32.6. The lowest BCUT2D eigenvalue weighted by molar-refractivity contribution is -0.140. The van der Waals surface area contributed by atoms with Crippen LogP contribution >= 0.6 is 11.6 Å². The minimum Gasteiger partial charge on any atom is -0.352 e. The van der Waals surface area contributed by atoms with Gasteiger partial charge in [0.25, 0.3) is 10.0 Å². The molecule has 0 aliphatic carbocycles. The number of aryl methyl sites for hydroxylation is 1. The van der Waals surface area contributed by atoms with Crippen LogP contribution in [0.5, 0.6) is 0 Å². The van der Waals surface area contributed by atoms with Crippen LogP contribution in [-0.2, 0) is 32.6 Å². The third kappa shape index (κ3) is 8.71. The molecule has 0 aliphatic rings. The number of halogens is 2. The van der Waals surface area contributed by atoms with Crippen LogP contribution in [0, 0.1) is 12.7 Å². The molecule has 45 heavy (non-hydrogen) atoms. The summed E-state index contributed by atoms with van der Waals surface area (Å²) in [5.41, 5.74) is 2.15. The Hall–Kier alpha value is -4.21. The van der Waals surface area contributed by atoms with Gasteiger partial charge in [-0.25, -0.2) is 12.8 Å². The van der Waals surface area contributed by atoms with Crippen molar-refractivity contribution in [2.24, 2.45) is 0 Å². The first-order valence-electron chi connectivity index (χ1n) is 14.7. The fourth-order valence-corrected chi connectivity index (χ4v) is 6.32. The second kappa shape index (κ2) is 15.2. The highest BCUT2D eigenvalue weighted by molar-refractivity contribution is 7.92. The van der Waals surface area contributed by atoms with Crippen LogP contribution in [-0.4, -0.2) is 43.8 Å². The highest BCUT2D eigenvalue weighted by atomic mass is 35.5. The SMILES string of the molecule is CC[C@@H](C)NC(=O)[C@H](Cc1ccccc1)N(Cc1ccccc1F)C(=O)CN(c1ccc(C)cc1)S(=O)(=O)c1ccc(Cl)cc1. The van der Waals surface area contributed by atoms with Gasteiger partial charge in [0, 0.05) is 29.6 Å². The zero-order valence-electron chi connectivity index (χ0n) is 25.5. The van der Waals surface area contributed by atoms with E-state index in [-0.39, 0.29) is 35.2 Å². The Labute approximate surface area is 269 Å².